The number of isocyanates is 1. The first-order chi connectivity index (χ1) is 58.0. The maximum atomic E-state index is 13.4. The van der Waals surface area contributed by atoms with Crippen LogP contribution in [-0.2, 0) is 23.4 Å². The molecule has 1 heterocycles. The molecule has 1 saturated heterocycles. The highest BCUT2D eigenvalue weighted by Crippen LogP contribution is 2.42. The van der Waals surface area contributed by atoms with Gasteiger partial charge in [-0.3, -0.25) is 24.3 Å². The third-order valence-electron chi connectivity index (χ3n) is 19.0. The number of ketones is 2. The van der Waals surface area contributed by atoms with Gasteiger partial charge in [0.15, 0.2) is 17.3 Å². The zero-order valence-electron chi connectivity index (χ0n) is 66.8. The van der Waals surface area contributed by atoms with Crippen LogP contribution >= 0.6 is 143 Å². The standard InChI is InChI=1S/C22H18Br2N2O2.C22H20Br2N2O2.C16H17BrO.C16H15BrO.C9H9BrO.C7H4BrNO.C6H6BrN/c1-15-4-2-3-5-20(15)22(28)14-25(18-10-6-16(23)7-11-18)21(27)26(22)19-12-8-17(24)9-13-19;1-15-4-2-3-5-20(15)21(27)14-26(19-12-8-17(24)9-13-19)22(28)25-18-10-6-16(23)7-11-18;2*1-12-4-2-3-5-15(12)16(18)11-8-13-6-9-14(17)10-7-13;1-7-4-2-3-5-8(7)9(11)6-10;8-6-1-3-7(4-2-6)9-5-10;7-5-1-3-6(8)4-2-5/h2-13,28H,14H2,1H3;2-13,21,27H,14H2,1H3,(H,25,28);2-7,9-10,16,18H,8,11H2,1H3;2-7,9-10H,8,11H2,1H3;2-5H,6H2,1H3;1-4H;1-4H,8H2. The Labute approximate surface area is 784 Å². The molecule has 622 valence electrons. The van der Waals surface area contributed by atoms with Crippen molar-refractivity contribution < 1.29 is 39.3 Å². The van der Waals surface area contributed by atoms with E-state index in [0.717, 1.165) is 116 Å². The molecular formula is C98H89Br9N6O8. The summed E-state index contributed by atoms with van der Waals surface area (Å²) in [4.78, 5) is 67.6. The summed E-state index contributed by atoms with van der Waals surface area (Å²) in [5.41, 5.74) is 19.9. The number of benzene rings is 13. The molecule has 0 aromatic heterocycles. The second-order valence-electron chi connectivity index (χ2n) is 27.7. The number of hydrogen-bond donors (Lipinski definition) is 5. The molecule has 121 heavy (non-hydrogen) atoms. The maximum absolute atomic E-state index is 13.4. The van der Waals surface area contributed by atoms with Gasteiger partial charge in [-0.1, -0.05) is 289 Å². The monoisotopic (exact) mass is 2190 g/mol. The van der Waals surface area contributed by atoms with E-state index < -0.39 is 11.8 Å². The van der Waals surface area contributed by atoms with Crippen LogP contribution in [0.2, 0.25) is 0 Å². The number of nitrogen functional groups attached to an aromatic ring is 1. The van der Waals surface area contributed by atoms with Gasteiger partial charge in [0.05, 0.1) is 36.3 Å². The van der Waals surface area contributed by atoms with E-state index in [1.165, 1.54) is 22.1 Å². The van der Waals surface area contributed by atoms with Crippen molar-refractivity contribution in [2.75, 3.05) is 44.2 Å². The quantitative estimate of drug-likeness (QED) is 0.0171. The topological polar surface area (TPSA) is 206 Å². The van der Waals surface area contributed by atoms with Gasteiger partial charge in [-0.15, -0.1) is 0 Å². The first kappa shape index (κ1) is 97.6. The fraction of sp³-hybridized carbons (Fsp3) is 0.153. The van der Waals surface area contributed by atoms with Crippen LogP contribution in [0.1, 0.15) is 101 Å². The minimum absolute atomic E-state index is 0.133. The fourth-order valence-corrected chi connectivity index (χ4v) is 14.9. The molecule has 0 saturated carbocycles. The number of aliphatic imine (C=N–C) groups is 1. The van der Waals surface area contributed by atoms with E-state index in [1.807, 2.05) is 314 Å². The second kappa shape index (κ2) is 50.0. The lowest BCUT2D eigenvalue weighted by Crippen LogP contribution is -2.45. The van der Waals surface area contributed by atoms with E-state index in [9.17, 15) is 39.3 Å². The molecular weight excluding hydrogens is 2110 g/mol. The number of rotatable bonds is 19. The van der Waals surface area contributed by atoms with Crippen LogP contribution in [0.5, 0.6) is 0 Å². The Hall–Kier alpha value is -8.88. The van der Waals surface area contributed by atoms with E-state index in [4.69, 9.17) is 5.73 Å². The Kier molecular flexibility index (Phi) is 40.3. The van der Waals surface area contributed by atoms with Crippen LogP contribution in [0.25, 0.3) is 0 Å². The molecule has 1 fully saturated rings. The SMILES string of the molecule is Cc1ccccc1C(=O)CBr.Cc1ccccc1C(=O)CCc1ccc(Br)cc1.Cc1ccccc1C(O)CCc1ccc(Br)cc1.Cc1ccccc1C(O)CN(C(=O)Nc1ccc(Br)cc1)c1ccc(Br)cc1.Cc1ccccc1C1(O)CN(c2ccc(Br)cc2)C(=O)N1c1ccc(Br)cc1.Nc1ccc(Br)cc1.O=C=Nc1ccc(Br)cc1. The van der Waals surface area contributed by atoms with E-state index in [2.05, 4.69) is 178 Å². The summed E-state index contributed by atoms with van der Waals surface area (Å²) in [6.07, 6.45) is 3.28. The average molecular weight is 2200 g/mol. The molecule has 6 N–H and O–H groups in total. The third-order valence-corrected chi connectivity index (χ3v) is 23.7. The van der Waals surface area contributed by atoms with Gasteiger partial charge in [-0.2, -0.15) is 4.99 Å². The zero-order valence-corrected chi connectivity index (χ0v) is 81.1. The van der Waals surface area contributed by atoms with Gasteiger partial charge in [-0.05, 0) is 274 Å². The highest BCUT2D eigenvalue weighted by molar-refractivity contribution is 9.11. The van der Waals surface area contributed by atoms with Crippen LogP contribution in [-0.4, -0.2) is 63.4 Å². The zero-order chi connectivity index (χ0) is 87.5. The number of halogens is 9. The van der Waals surface area contributed by atoms with E-state index in [0.29, 0.717) is 40.1 Å². The lowest BCUT2D eigenvalue weighted by Gasteiger charge is -2.33. The van der Waals surface area contributed by atoms with Gasteiger partial charge < -0.3 is 26.4 Å². The third kappa shape index (κ3) is 31.1. The van der Waals surface area contributed by atoms with Gasteiger partial charge in [0.1, 0.15) is 0 Å². The molecule has 0 spiro atoms. The first-order valence-corrected chi connectivity index (χ1v) is 45.6. The molecule has 13 aromatic carbocycles. The Bertz CT molecular complexity index is 5480. The smallest absolute Gasteiger partial charge is 0.331 e. The number of urea groups is 2. The number of nitrogens with zero attached hydrogens (tertiary/aromatic N) is 4. The number of anilines is 5. The molecule has 1 aliphatic rings. The number of aliphatic hydroxyl groups excluding tert-OH is 2. The summed E-state index contributed by atoms with van der Waals surface area (Å²) in [5, 5.41) is 36.1. The van der Waals surface area contributed by atoms with Crippen molar-refractivity contribution in [2.24, 2.45) is 4.99 Å². The Morgan fingerprint density at radius 3 is 1.29 bits per heavy atom. The van der Waals surface area contributed by atoms with Crippen molar-refractivity contribution in [1.82, 2.24) is 0 Å². The number of carbonyl (C=O) groups excluding carboxylic acids is 5. The van der Waals surface area contributed by atoms with Crippen molar-refractivity contribution in [3.8, 4) is 0 Å². The van der Waals surface area contributed by atoms with Gasteiger partial charge in [-0.25, -0.2) is 14.4 Å². The Morgan fingerprint density at radius 1 is 0.463 bits per heavy atom. The summed E-state index contributed by atoms with van der Waals surface area (Å²) in [5.74, 6) is 0.360. The normalized spacial score (nSPS) is 12.8. The minimum Gasteiger partial charge on any atom is -0.399 e. The van der Waals surface area contributed by atoms with Gasteiger partial charge in [0, 0.05) is 87.3 Å². The number of Topliss-reactive ketones (excluding diaryl/α,β-unsaturated/α-hetero) is 2. The first-order valence-electron chi connectivity index (χ1n) is 38.1. The number of β-amino-alcohol motifs (C(OH)–C–C–N with tert-alkyl or cyclic N) is 1. The van der Waals surface area contributed by atoms with Crippen LogP contribution in [0.3, 0.4) is 0 Å². The maximum Gasteiger partial charge on any atom is 0.331 e. The van der Waals surface area contributed by atoms with Crippen molar-refractivity contribution in [1.29, 1.82) is 0 Å². The molecule has 13 aromatic rings. The van der Waals surface area contributed by atoms with Crippen molar-refractivity contribution in [3.63, 3.8) is 0 Å². The van der Waals surface area contributed by atoms with Crippen LogP contribution < -0.4 is 25.8 Å². The molecule has 0 radical (unpaired) electrons. The van der Waals surface area contributed by atoms with E-state index in [-0.39, 0.29) is 42.8 Å². The molecule has 23 heteroatoms. The van der Waals surface area contributed by atoms with Crippen molar-refractivity contribution in [2.45, 2.75) is 78.2 Å². The summed E-state index contributed by atoms with van der Waals surface area (Å²) in [6.45, 7) is 10.1. The average Bonchev–Trinajstić information content (AvgIpc) is 1.58. The number of amides is 4. The number of nitrogens with one attached hydrogen (secondary N) is 1. The summed E-state index contributed by atoms with van der Waals surface area (Å²) in [7, 11) is 0. The largest absolute Gasteiger partial charge is 0.399 e. The number of alkyl halides is 1. The van der Waals surface area contributed by atoms with Crippen molar-refractivity contribution >= 4 is 207 Å². The number of nitrogens with two attached hydrogens (primary N) is 1. The molecule has 1 aliphatic heterocycles. The minimum atomic E-state index is -1.48. The molecule has 4 amide bonds. The Morgan fingerprint density at radius 2 is 0.843 bits per heavy atom. The predicted molar refractivity (Wildman–Crippen MR) is 526 cm³/mol. The number of hydrogen-bond acceptors (Lipinski definition) is 10. The van der Waals surface area contributed by atoms with Gasteiger partial charge in [0.2, 0.25) is 6.08 Å². The molecule has 3 unspecified atom stereocenters. The molecule has 3 atom stereocenters. The molecule has 14 rings (SSSR count). The highest BCUT2D eigenvalue weighted by atomic mass is 79.9. The summed E-state index contributed by atoms with van der Waals surface area (Å²) in [6, 6.07) is 98.7. The predicted octanol–water partition coefficient (Wildman–Crippen LogP) is 28.1. The van der Waals surface area contributed by atoms with Gasteiger partial charge in [0.25, 0.3) is 0 Å². The number of aliphatic hydroxyl groups is 3. The lowest BCUT2D eigenvalue weighted by atomic mass is 9.96. The molecule has 14 nitrogen and oxygen atoms in total. The van der Waals surface area contributed by atoms with E-state index >= 15 is 0 Å². The van der Waals surface area contributed by atoms with E-state index in [1.54, 1.807) is 21.9 Å². The van der Waals surface area contributed by atoms with Crippen LogP contribution in [0, 0.1) is 34.6 Å². The number of aryl methyl sites for hydroxylation is 7. The molecule has 0 aliphatic carbocycles. The van der Waals surface area contributed by atoms with Crippen molar-refractivity contribution in [3.05, 3.63) is 418 Å². The number of carbonyl (C=O) groups is 4. The molecule has 0 bridgehead atoms. The van der Waals surface area contributed by atoms with Gasteiger partial charge >= 0.3 is 12.1 Å². The fourth-order valence-electron chi connectivity index (χ4n) is 12.5. The lowest BCUT2D eigenvalue weighted by molar-refractivity contribution is 0.0649. The van der Waals surface area contributed by atoms with Crippen LogP contribution in [0.15, 0.2) is 356 Å². The Balaban J connectivity index is 0.000000183. The summed E-state index contributed by atoms with van der Waals surface area (Å²) < 4.78 is 7.88. The highest BCUT2D eigenvalue weighted by Gasteiger charge is 2.52. The summed E-state index contributed by atoms with van der Waals surface area (Å²) >= 11 is 30.2. The van der Waals surface area contributed by atoms with Crippen LogP contribution in [0.4, 0.5) is 43.7 Å². The second-order valence-corrected chi connectivity index (χ2v) is 35.6.